The van der Waals surface area contributed by atoms with Gasteiger partial charge in [-0.2, -0.15) is 0 Å². The zero-order valence-corrected chi connectivity index (χ0v) is 17.6. The van der Waals surface area contributed by atoms with Crippen molar-refractivity contribution >= 4 is 29.3 Å². The summed E-state index contributed by atoms with van der Waals surface area (Å²) in [5, 5.41) is 0. The maximum absolute atomic E-state index is 3.85. The van der Waals surface area contributed by atoms with E-state index in [2.05, 4.69) is 61.6 Å². The zero-order valence-electron chi connectivity index (χ0n) is 12.7. The Balaban J connectivity index is 4.49. The lowest BCUT2D eigenvalue weighted by atomic mass is 10.1. The summed E-state index contributed by atoms with van der Waals surface area (Å²) in [5.74, 6) is 0.443. The molecule has 0 radical (unpaired) electrons. The van der Waals surface area contributed by atoms with Crippen LogP contribution in [0, 0.1) is 5.92 Å². The highest BCUT2D eigenvalue weighted by atomic mass is 28.2. The summed E-state index contributed by atoms with van der Waals surface area (Å²) in [5.41, 5.74) is 8.00. The number of hydrogen-bond acceptors (Lipinski definition) is 0. The first kappa shape index (κ1) is 18.8. The van der Waals surface area contributed by atoms with Crippen LogP contribution in [0.5, 0.6) is 0 Å². The van der Waals surface area contributed by atoms with Gasteiger partial charge in [-0.3, -0.25) is 0 Å². The first-order chi connectivity index (χ1) is 9.71. The predicted octanol–water partition coefficient (Wildman–Crippen LogP) is 2.17. The molecule has 0 aromatic rings. The van der Waals surface area contributed by atoms with Crippen molar-refractivity contribution in [2.75, 3.05) is 0 Å². The molecular weight excluding hydrogens is 288 g/mol. The van der Waals surface area contributed by atoms with Crippen LogP contribution in [0.3, 0.4) is 0 Å². The predicted molar refractivity (Wildman–Crippen MR) is 106 cm³/mol. The van der Waals surface area contributed by atoms with Gasteiger partial charge in [-0.15, -0.1) is 43.4 Å². The Morgan fingerprint density at radius 1 is 0.700 bits per heavy atom. The van der Waals surface area contributed by atoms with Gasteiger partial charge in [0.25, 0.3) is 0 Å². The second-order valence-corrected chi connectivity index (χ2v) is 9.14. The van der Waals surface area contributed by atoms with Crippen molar-refractivity contribution in [2.45, 2.75) is 11.1 Å². The van der Waals surface area contributed by atoms with Crippen LogP contribution in [0.4, 0.5) is 0 Å². The normalized spacial score (nSPS) is 14.9. The quantitative estimate of drug-likeness (QED) is 0.405. The van der Waals surface area contributed by atoms with Crippen molar-refractivity contribution < 1.29 is 0 Å². The largest absolute Gasteiger partial charge is 0.108 e. The maximum atomic E-state index is 3.85. The van der Waals surface area contributed by atoms with Gasteiger partial charge in [0.05, 0.1) is 19.0 Å². The molecule has 0 aromatic carbocycles. The lowest BCUT2D eigenvalue weighted by Gasteiger charge is -2.04. The molecule has 0 amide bonds. The lowest BCUT2D eigenvalue weighted by molar-refractivity contribution is 1.08. The molecule has 0 aliphatic heterocycles. The highest BCUT2D eigenvalue weighted by molar-refractivity contribution is 6.46. The summed E-state index contributed by atoms with van der Waals surface area (Å²) < 4.78 is 0. The highest BCUT2D eigenvalue weighted by Gasteiger charge is 1.99. The van der Waals surface area contributed by atoms with Crippen molar-refractivity contribution in [1.29, 1.82) is 0 Å². The standard InChI is InChI=1S/C17H28Si3/c1-5-16(6-2)19-13-10-15(9-12-18)11-14-20-17(7-3)8-4/h5-17H,1-4,19-20H2,18H3. The van der Waals surface area contributed by atoms with Crippen molar-refractivity contribution in [3.63, 3.8) is 0 Å². The summed E-state index contributed by atoms with van der Waals surface area (Å²) >= 11 is 0. The van der Waals surface area contributed by atoms with Gasteiger partial charge in [0, 0.05) is 16.2 Å². The van der Waals surface area contributed by atoms with Crippen LogP contribution in [0.15, 0.2) is 85.9 Å². The van der Waals surface area contributed by atoms with Crippen LogP contribution in [0.1, 0.15) is 0 Å². The average molecular weight is 317 g/mol. The van der Waals surface area contributed by atoms with Crippen molar-refractivity contribution in [2.24, 2.45) is 5.92 Å². The van der Waals surface area contributed by atoms with Gasteiger partial charge in [0.2, 0.25) is 0 Å². The molecule has 0 rings (SSSR count). The third-order valence-corrected chi connectivity index (χ3v) is 7.05. The second kappa shape index (κ2) is 12.8. The van der Waals surface area contributed by atoms with Crippen LogP contribution in [-0.2, 0) is 0 Å². The molecule has 108 valence electrons. The lowest BCUT2D eigenvalue weighted by Crippen LogP contribution is -1.97. The molecule has 3 heteroatoms. The van der Waals surface area contributed by atoms with Crippen molar-refractivity contribution in [3.05, 3.63) is 85.9 Å². The monoisotopic (exact) mass is 316 g/mol. The fourth-order valence-electron chi connectivity index (χ4n) is 1.78. The zero-order chi connectivity index (χ0) is 15.2. The van der Waals surface area contributed by atoms with E-state index in [1.54, 1.807) is 0 Å². The minimum atomic E-state index is -0.276. The van der Waals surface area contributed by atoms with Gasteiger partial charge in [0.15, 0.2) is 0 Å². The molecule has 20 heavy (non-hydrogen) atoms. The summed E-state index contributed by atoms with van der Waals surface area (Å²) in [7, 11) is 0.557. The molecule has 0 spiro atoms. The molecule has 0 N–H and O–H groups in total. The number of rotatable bonds is 11. The molecule has 0 saturated heterocycles. The van der Waals surface area contributed by atoms with Crippen molar-refractivity contribution in [3.8, 4) is 0 Å². The fraction of sp³-hybridized carbons (Fsp3) is 0.176. The molecule has 0 aliphatic rings. The van der Waals surface area contributed by atoms with Crippen molar-refractivity contribution in [1.82, 2.24) is 0 Å². The Kier molecular flexibility index (Phi) is 12.1. The third kappa shape index (κ3) is 8.85. The van der Waals surface area contributed by atoms with E-state index in [1.165, 1.54) is 0 Å². The smallest absolute Gasteiger partial charge is 0.0567 e. The summed E-state index contributed by atoms with van der Waals surface area (Å²) in [6.45, 7) is 15.4. The average Bonchev–Trinajstić information content (AvgIpc) is 2.48. The van der Waals surface area contributed by atoms with E-state index in [9.17, 15) is 0 Å². The molecule has 0 atom stereocenters. The Hall–Kier alpha value is -1.17. The first-order valence-electron chi connectivity index (χ1n) is 7.18. The molecule has 0 aromatic heterocycles. The fourth-order valence-corrected chi connectivity index (χ4v) is 4.56. The molecular formula is C17H28Si3. The second-order valence-electron chi connectivity index (χ2n) is 4.70. The van der Waals surface area contributed by atoms with Crippen LogP contribution in [-0.4, -0.2) is 29.3 Å². The van der Waals surface area contributed by atoms with Gasteiger partial charge in [-0.25, -0.2) is 0 Å². The molecule has 0 bridgehead atoms. The molecule has 0 unspecified atom stereocenters. The Morgan fingerprint density at radius 2 is 1.10 bits per heavy atom. The Morgan fingerprint density at radius 3 is 1.40 bits per heavy atom. The number of hydrogen-bond donors (Lipinski definition) is 0. The van der Waals surface area contributed by atoms with E-state index >= 15 is 0 Å². The minimum absolute atomic E-state index is 0.276. The molecule has 0 aliphatic carbocycles. The van der Waals surface area contributed by atoms with E-state index in [0.29, 0.717) is 17.0 Å². The third-order valence-electron chi connectivity index (χ3n) is 3.16. The van der Waals surface area contributed by atoms with Crippen LogP contribution < -0.4 is 0 Å². The van der Waals surface area contributed by atoms with Gasteiger partial charge >= 0.3 is 0 Å². The molecule has 0 nitrogen and oxygen atoms in total. The van der Waals surface area contributed by atoms with Crippen LogP contribution in [0.25, 0.3) is 0 Å². The minimum Gasteiger partial charge on any atom is -0.108 e. The SMILES string of the molecule is C=CC(C=C)[SiH2]C=CC(C=C[SiH3])C=C[SiH2]C(C=C)C=C. The topological polar surface area (TPSA) is 0 Å². The Labute approximate surface area is 132 Å². The van der Waals surface area contributed by atoms with E-state index in [4.69, 9.17) is 0 Å². The van der Waals surface area contributed by atoms with Gasteiger partial charge < -0.3 is 0 Å². The number of allylic oxidation sites excluding steroid dienone is 7. The maximum Gasteiger partial charge on any atom is 0.0567 e. The van der Waals surface area contributed by atoms with Crippen LogP contribution >= 0.6 is 0 Å². The summed E-state index contributed by atoms with van der Waals surface area (Å²) in [4.78, 5) is 0. The Bertz CT molecular complexity index is 343. The molecule has 0 heterocycles. The van der Waals surface area contributed by atoms with E-state index < -0.39 is 0 Å². The summed E-state index contributed by atoms with van der Waals surface area (Å²) in [6, 6.07) is 0. The van der Waals surface area contributed by atoms with Crippen LogP contribution in [0.2, 0.25) is 11.1 Å². The van der Waals surface area contributed by atoms with E-state index in [-0.39, 0.29) is 19.0 Å². The molecule has 0 saturated carbocycles. The highest BCUT2D eigenvalue weighted by Crippen LogP contribution is 2.10. The summed E-state index contributed by atoms with van der Waals surface area (Å²) in [6.07, 6.45) is 14.9. The molecule has 0 fully saturated rings. The van der Waals surface area contributed by atoms with Gasteiger partial charge in [0.1, 0.15) is 0 Å². The van der Waals surface area contributed by atoms with E-state index in [1.807, 2.05) is 24.3 Å². The first-order valence-corrected chi connectivity index (χ1v) is 11.6. The van der Waals surface area contributed by atoms with E-state index in [0.717, 1.165) is 10.2 Å². The van der Waals surface area contributed by atoms with Gasteiger partial charge in [-0.05, 0) is 11.1 Å². The van der Waals surface area contributed by atoms with Gasteiger partial charge in [-0.1, -0.05) is 42.5 Å².